The van der Waals surface area contributed by atoms with Gasteiger partial charge in [0.25, 0.3) is 0 Å². The van der Waals surface area contributed by atoms with E-state index in [1.165, 1.54) is 12.8 Å². The lowest BCUT2D eigenvalue weighted by Gasteiger charge is -2.25. The average molecular weight is 234 g/mol. The third kappa shape index (κ3) is 3.03. The second-order valence-corrected chi connectivity index (χ2v) is 4.97. The molecule has 17 heavy (non-hydrogen) atoms. The topological polar surface area (TPSA) is 67.3 Å². The van der Waals surface area contributed by atoms with Gasteiger partial charge in [-0.25, -0.2) is 0 Å². The fourth-order valence-corrected chi connectivity index (χ4v) is 1.94. The summed E-state index contributed by atoms with van der Waals surface area (Å²) in [6.45, 7) is 3.17. The molecule has 1 aromatic rings. The van der Waals surface area contributed by atoms with Crippen LogP contribution >= 0.6 is 0 Å². The molecule has 0 bridgehead atoms. The fourth-order valence-electron chi connectivity index (χ4n) is 1.94. The van der Waals surface area contributed by atoms with Crippen LogP contribution in [0, 0.1) is 0 Å². The summed E-state index contributed by atoms with van der Waals surface area (Å²) in [7, 11) is 2.20. The third-order valence-electron chi connectivity index (χ3n) is 3.51. The van der Waals surface area contributed by atoms with Gasteiger partial charge >= 0.3 is 0 Å². The first-order valence-corrected chi connectivity index (χ1v) is 6.18. The lowest BCUT2D eigenvalue weighted by Crippen LogP contribution is -2.36. The number of benzene rings is 1. The van der Waals surface area contributed by atoms with E-state index in [0.717, 1.165) is 18.3 Å². The summed E-state index contributed by atoms with van der Waals surface area (Å²) in [5.74, 6) is 0. The van der Waals surface area contributed by atoms with Gasteiger partial charge in [-0.15, -0.1) is 0 Å². The van der Waals surface area contributed by atoms with Gasteiger partial charge in [0.05, 0.1) is 11.4 Å². The number of hydrogen-bond donors (Lipinski definition) is 3. The van der Waals surface area contributed by atoms with Crippen molar-refractivity contribution in [3.05, 3.63) is 18.2 Å². The normalized spacial score (nSPS) is 17.1. The molecule has 1 aromatic carbocycles. The molecule has 1 fully saturated rings. The minimum atomic E-state index is 0.529. The molecular weight excluding hydrogens is 212 g/mol. The summed E-state index contributed by atoms with van der Waals surface area (Å²) in [4.78, 5) is 2.44. The number of nitrogen functional groups attached to an aromatic ring is 2. The molecule has 4 heteroatoms. The van der Waals surface area contributed by atoms with Crippen molar-refractivity contribution in [3.8, 4) is 0 Å². The smallest absolute Gasteiger partial charge is 0.0568 e. The lowest BCUT2D eigenvalue weighted by atomic mass is 10.2. The molecule has 0 spiro atoms. The monoisotopic (exact) mass is 234 g/mol. The van der Waals surface area contributed by atoms with Crippen LogP contribution in [-0.4, -0.2) is 30.6 Å². The Balaban J connectivity index is 1.86. The van der Waals surface area contributed by atoms with Crippen molar-refractivity contribution in [3.63, 3.8) is 0 Å². The molecule has 1 atom stereocenters. The summed E-state index contributed by atoms with van der Waals surface area (Å²) in [6.07, 6.45) is 2.69. The fraction of sp³-hybridized carbons (Fsp3) is 0.538. The number of nitrogens with one attached hydrogen (secondary N) is 1. The SMILES string of the molecule is CC(CNc1ccc(N)c(N)c1)N(C)C1CC1. The van der Waals surface area contributed by atoms with Gasteiger partial charge in [0.15, 0.2) is 0 Å². The summed E-state index contributed by atoms with van der Waals surface area (Å²) in [5.41, 5.74) is 13.8. The Morgan fingerprint density at radius 1 is 1.35 bits per heavy atom. The van der Waals surface area contributed by atoms with Crippen LogP contribution in [0.25, 0.3) is 0 Å². The van der Waals surface area contributed by atoms with Gasteiger partial charge in [-0.1, -0.05) is 0 Å². The van der Waals surface area contributed by atoms with Gasteiger partial charge in [-0.3, -0.25) is 4.90 Å². The lowest BCUT2D eigenvalue weighted by molar-refractivity contribution is 0.257. The van der Waals surface area contributed by atoms with Crippen LogP contribution in [0.15, 0.2) is 18.2 Å². The average Bonchev–Trinajstić information content (AvgIpc) is 3.13. The van der Waals surface area contributed by atoms with Crippen LogP contribution in [0.4, 0.5) is 17.1 Å². The van der Waals surface area contributed by atoms with E-state index in [1.807, 2.05) is 18.2 Å². The molecular formula is C13H22N4. The molecule has 1 unspecified atom stereocenters. The second kappa shape index (κ2) is 4.84. The molecule has 94 valence electrons. The van der Waals surface area contributed by atoms with Crippen molar-refractivity contribution in [1.82, 2.24) is 4.90 Å². The zero-order valence-electron chi connectivity index (χ0n) is 10.6. The van der Waals surface area contributed by atoms with Crippen LogP contribution in [0.1, 0.15) is 19.8 Å². The molecule has 4 nitrogen and oxygen atoms in total. The number of rotatable bonds is 5. The number of nitrogens with zero attached hydrogens (tertiary/aromatic N) is 1. The first-order valence-electron chi connectivity index (χ1n) is 6.18. The van der Waals surface area contributed by atoms with Crippen LogP contribution < -0.4 is 16.8 Å². The minimum absolute atomic E-state index is 0.529. The molecule has 0 saturated heterocycles. The van der Waals surface area contributed by atoms with Crippen molar-refractivity contribution in [2.75, 3.05) is 30.4 Å². The Bertz CT molecular complexity index is 387. The van der Waals surface area contributed by atoms with Crippen LogP contribution in [-0.2, 0) is 0 Å². The maximum Gasteiger partial charge on any atom is 0.0568 e. The first kappa shape index (κ1) is 12.0. The molecule has 0 radical (unpaired) electrons. The molecule has 2 rings (SSSR count). The second-order valence-electron chi connectivity index (χ2n) is 4.97. The van der Waals surface area contributed by atoms with Crippen molar-refractivity contribution in [1.29, 1.82) is 0 Å². The summed E-state index contributed by atoms with van der Waals surface area (Å²) < 4.78 is 0. The molecule has 1 aliphatic rings. The zero-order chi connectivity index (χ0) is 12.4. The number of hydrogen-bond acceptors (Lipinski definition) is 4. The van der Waals surface area contributed by atoms with E-state index in [2.05, 4.69) is 24.2 Å². The van der Waals surface area contributed by atoms with Crippen molar-refractivity contribution >= 4 is 17.1 Å². The standard InChI is InChI=1S/C13H22N4/c1-9(17(2)11-4-5-11)8-16-10-3-6-12(14)13(15)7-10/h3,6-7,9,11,16H,4-5,8,14-15H2,1-2H3. The molecule has 1 saturated carbocycles. The largest absolute Gasteiger partial charge is 0.397 e. The summed E-state index contributed by atoms with van der Waals surface area (Å²) in [5, 5.41) is 3.40. The summed E-state index contributed by atoms with van der Waals surface area (Å²) >= 11 is 0. The third-order valence-corrected chi connectivity index (χ3v) is 3.51. The van der Waals surface area contributed by atoms with E-state index in [4.69, 9.17) is 11.5 Å². The van der Waals surface area contributed by atoms with Gasteiger partial charge < -0.3 is 16.8 Å². The predicted molar refractivity (Wildman–Crippen MR) is 74.0 cm³/mol. The van der Waals surface area contributed by atoms with E-state index < -0.39 is 0 Å². The molecule has 5 N–H and O–H groups in total. The van der Waals surface area contributed by atoms with Crippen molar-refractivity contribution in [2.24, 2.45) is 0 Å². The Morgan fingerprint density at radius 3 is 2.65 bits per heavy atom. The highest BCUT2D eigenvalue weighted by molar-refractivity contribution is 5.69. The Kier molecular flexibility index (Phi) is 3.43. The van der Waals surface area contributed by atoms with E-state index in [1.54, 1.807) is 0 Å². The Hall–Kier alpha value is -1.42. The van der Waals surface area contributed by atoms with Gasteiger partial charge in [0, 0.05) is 24.3 Å². The number of nitrogens with two attached hydrogens (primary N) is 2. The molecule has 0 heterocycles. The zero-order valence-corrected chi connectivity index (χ0v) is 10.6. The van der Waals surface area contributed by atoms with Crippen LogP contribution in [0.2, 0.25) is 0 Å². The molecule has 0 amide bonds. The van der Waals surface area contributed by atoms with E-state index in [0.29, 0.717) is 17.4 Å². The molecule has 0 aliphatic heterocycles. The van der Waals surface area contributed by atoms with Crippen molar-refractivity contribution in [2.45, 2.75) is 31.8 Å². The van der Waals surface area contributed by atoms with Crippen molar-refractivity contribution < 1.29 is 0 Å². The minimum Gasteiger partial charge on any atom is -0.397 e. The van der Waals surface area contributed by atoms with E-state index in [-0.39, 0.29) is 0 Å². The van der Waals surface area contributed by atoms with Gasteiger partial charge in [0.2, 0.25) is 0 Å². The highest BCUT2D eigenvalue weighted by Gasteiger charge is 2.28. The van der Waals surface area contributed by atoms with E-state index in [9.17, 15) is 0 Å². The van der Waals surface area contributed by atoms with Crippen LogP contribution in [0.3, 0.4) is 0 Å². The highest BCUT2D eigenvalue weighted by Crippen LogP contribution is 2.27. The van der Waals surface area contributed by atoms with Gasteiger partial charge in [-0.2, -0.15) is 0 Å². The van der Waals surface area contributed by atoms with E-state index >= 15 is 0 Å². The van der Waals surface area contributed by atoms with Gasteiger partial charge in [-0.05, 0) is 45.0 Å². The maximum atomic E-state index is 5.77. The predicted octanol–water partition coefficient (Wildman–Crippen LogP) is 1.75. The molecule has 0 aromatic heterocycles. The number of likely N-dealkylation sites (N-methyl/N-ethyl adjacent to an activating group) is 1. The highest BCUT2D eigenvalue weighted by atomic mass is 15.2. The number of anilines is 3. The maximum absolute atomic E-state index is 5.77. The summed E-state index contributed by atoms with van der Waals surface area (Å²) in [6, 6.07) is 7.02. The van der Waals surface area contributed by atoms with Gasteiger partial charge in [0.1, 0.15) is 0 Å². The molecule has 1 aliphatic carbocycles. The Labute approximate surface area is 103 Å². The quantitative estimate of drug-likeness (QED) is 0.679. The first-order chi connectivity index (χ1) is 8.08. The van der Waals surface area contributed by atoms with Crippen LogP contribution in [0.5, 0.6) is 0 Å². The Morgan fingerprint density at radius 2 is 2.06 bits per heavy atom.